The first-order valence-electron chi connectivity index (χ1n) is 6.10. The van der Waals surface area contributed by atoms with Gasteiger partial charge in [-0.05, 0) is 0 Å². The summed E-state index contributed by atoms with van der Waals surface area (Å²) in [5, 5.41) is 12.9. The number of phenols is 1. The lowest BCUT2D eigenvalue weighted by atomic mass is 10.2. The number of hydrogen-bond donors (Lipinski definition) is 3. The van der Waals surface area contributed by atoms with E-state index in [-0.39, 0.29) is 11.9 Å². The molecule has 1 saturated heterocycles. The number of benzene rings is 1. The van der Waals surface area contributed by atoms with Crippen LogP contribution in [0.3, 0.4) is 0 Å². The van der Waals surface area contributed by atoms with Gasteiger partial charge in [0.1, 0.15) is 19.0 Å². The molecule has 2 aliphatic rings. The van der Waals surface area contributed by atoms with Crippen molar-refractivity contribution in [3.63, 3.8) is 0 Å². The summed E-state index contributed by atoms with van der Waals surface area (Å²) in [6.45, 7) is 3.36. The van der Waals surface area contributed by atoms with E-state index in [9.17, 15) is 5.11 Å². The molecule has 0 amide bonds. The van der Waals surface area contributed by atoms with Gasteiger partial charge >= 0.3 is 0 Å². The molecule has 3 rings (SSSR count). The lowest BCUT2D eigenvalue weighted by Crippen LogP contribution is -2.55. The Labute approximate surface area is 105 Å². The van der Waals surface area contributed by atoms with E-state index in [2.05, 4.69) is 10.2 Å². The van der Waals surface area contributed by atoms with Gasteiger partial charge in [-0.2, -0.15) is 0 Å². The molecule has 1 aromatic carbocycles. The van der Waals surface area contributed by atoms with Crippen LogP contribution in [0.5, 0.6) is 17.2 Å². The quantitative estimate of drug-likeness (QED) is 0.644. The van der Waals surface area contributed by atoms with Crippen LogP contribution in [0.2, 0.25) is 0 Å². The summed E-state index contributed by atoms with van der Waals surface area (Å²) in [4.78, 5) is 2.11. The Kier molecular flexibility index (Phi) is 2.89. The molecule has 0 aromatic heterocycles. The number of nitrogens with two attached hydrogens (primary N) is 1. The van der Waals surface area contributed by atoms with Crippen molar-refractivity contribution in [2.75, 3.05) is 37.7 Å². The minimum absolute atomic E-state index is 0.0683. The molecule has 0 radical (unpaired) electrons. The summed E-state index contributed by atoms with van der Waals surface area (Å²) < 4.78 is 11.2. The number of piperazine rings is 1. The Morgan fingerprint density at radius 3 is 3.00 bits per heavy atom. The van der Waals surface area contributed by atoms with Gasteiger partial charge in [0.15, 0.2) is 11.5 Å². The van der Waals surface area contributed by atoms with Crippen molar-refractivity contribution in [2.24, 2.45) is 5.73 Å². The Morgan fingerprint density at radius 2 is 2.17 bits per heavy atom. The van der Waals surface area contributed by atoms with Gasteiger partial charge in [0.25, 0.3) is 0 Å². The highest BCUT2D eigenvalue weighted by molar-refractivity contribution is 5.68. The summed E-state index contributed by atoms with van der Waals surface area (Å²) in [5.74, 6) is 1.48. The van der Waals surface area contributed by atoms with Gasteiger partial charge < -0.3 is 25.2 Å². The predicted octanol–water partition coefficient (Wildman–Crippen LogP) is -0.142. The first-order valence-corrected chi connectivity index (χ1v) is 6.10. The standard InChI is InChI=1S/C12H17N3O3/c13-11-7-15(2-1-14-11)9-5-8(16)6-10-12(9)18-4-3-17-10/h5-6,11,14,16H,1-4,7,13H2. The van der Waals surface area contributed by atoms with Crippen LogP contribution >= 0.6 is 0 Å². The largest absolute Gasteiger partial charge is 0.508 e. The van der Waals surface area contributed by atoms with Gasteiger partial charge in [-0.3, -0.25) is 5.32 Å². The van der Waals surface area contributed by atoms with Crippen molar-refractivity contribution in [1.29, 1.82) is 0 Å². The Balaban J connectivity index is 1.97. The summed E-state index contributed by atoms with van der Waals surface area (Å²) in [6.07, 6.45) is -0.0683. The molecule has 0 spiro atoms. The molecule has 2 aliphatic heterocycles. The number of phenolic OH excluding ortho intramolecular Hbond substituents is 1. The average molecular weight is 251 g/mol. The van der Waals surface area contributed by atoms with E-state index in [4.69, 9.17) is 15.2 Å². The van der Waals surface area contributed by atoms with Gasteiger partial charge in [-0.1, -0.05) is 0 Å². The fourth-order valence-electron chi connectivity index (χ4n) is 2.35. The third-order valence-corrected chi connectivity index (χ3v) is 3.15. The van der Waals surface area contributed by atoms with Crippen LogP contribution in [-0.4, -0.2) is 44.1 Å². The molecule has 6 nitrogen and oxygen atoms in total. The summed E-state index contributed by atoms with van der Waals surface area (Å²) >= 11 is 0. The maximum absolute atomic E-state index is 9.76. The zero-order valence-corrected chi connectivity index (χ0v) is 10.1. The maximum atomic E-state index is 9.76. The Hall–Kier alpha value is -1.66. The van der Waals surface area contributed by atoms with Crippen molar-refractivity contribution in [3.05, 3.63) is 12.1 Å². The molecule has 18 heavy (non-hydrogen) atoms. The molecule has 1 unspecified atom stereocenters. The molecular weight excluding hydrogens is 234 g/mol. The topological polar surface area (TPSA) is 80.0 Å². The second-order valence-corrected chi connectivity index (χ2v) is 4.50. The van der Waals surface area contributed by atoms with E-state index >= 15 is 0 Å². The monoisotopic (exact) mass is 251 g/mol. The molecule has 0 aliphatic carbocycles. The summed E-state index contributed by atoms with van der Waals surface area (Å²) in [5.41, 5.74) is 6.74. The molecule has 1 fully saturated rings. The highest BCUT2D eigenvalue weighted by atomic mass is 16.6. The molecule has 0 bridgehead atoms. The molecule has 0 saturated carbocycles. The second kappa shape index (κ2) is 4.55. The fourth-order valence-corrected chi connectivity index (χ4v) is 2.35. The zero-order chi connectivity index (χ0) is 12.5. The molecule has 2 heterocycles. The minimum atomic E-state index is -0.0683. The van der Waals surface area contributed by atoms with Crippen LogP contribution in [0.4, 0.5) is 5.69 Å². The SMILES string of the molecule is NC1CN(c2cc(O)cc3c2OCCO3)CCN1. The van der Waals surface area contributed by atoms with Crippen molar-refractivity contribution in [1.82, 2.24) is 5.32 Å². The fraction of sp³-hybridized carbons (Fsp3) is 0.500. The van der Waals surface area contributed by atoms with E-state index in [1.165, 1.54) is 0 Å². The van der Waals surface area contributed by atoms with E-state index in [1.807, 2.05) is 0 Å². The van der Waals surface area contributed by atoms with Gasteiger partial charge in [0.2, 0.25) is 0 Å². The van der Waals surface area contributed by atoms with Crippen LogP contribution in [0.1, 0.15) is 0 Å². The van der Waals surface area contributed by atoms with Crippen LogP contribution < -0.4 is 25.4 Å². The third-order valence-electron chi connectivity index (χ3n) is 3.15. The van der Waals surface area contributed by atoms with E-state index in [1.54, 1.807) is 12.1 Å². The number of anilines is 1. The highest BCUT2D eigenvalue weighted by Crippen LogP contribution is 2.42. The lowest BCUT2D eigenvalue weighted by molar-refractivity contribution is 0.171. The molecule has 4 N–H and O–H groups in total. The molecular formula is C12H17N3O3. The summed E-state index contributed by atoms with van der Waals surface area (Å²) in [6, 6.07) is 3.28. The lowest BCUT2D eigenvalue weighted by Gasteiger charge is -2.35. The van der Waals surface area contributed by atoms with Crippen LogP contribution in [0, 0.1) is 0 Å². The normalized spacial score (nSPS) is 22.9. The Bertz CT molecular complexity index is 452. The number of aromatic hydroxyl groups is 1. The van der Waals surface area contributed by atoms with Gasteiger partial charge in [0, 0.05) is 31.8 Å². The third kappa shape index (κ3) is 2.04. The number of nitrogens with zero attached hydrogens (tertiary/aromatic N) is 1. The molecule has 1 aromatic rings. The maximum Gasteiger partial charge on any atom is 0.184 e. The number of ether oxygens (including phenoxy) is 2. The average Bonchev–Trinajstić information content (AvgIpc) is 2.37. The van der Waals surface area contributed by atoms with Crippen molar-refractivity contribution in [2.45, 2.75) is 6.17 Å². The van der Waals surface area contributed by atoms with Crippen LogP contribution in [-0.2, 0) is 0 Å². The predicted molar refractivity (Wildman–Crippen MR) is 67.3 cm³/mol. The zero-order valence-electron chi connectivity index (χ0n) is 10.1. The number of fused-ring (bicyclic) bond motifs is 1. The van der Waals surface area contributed by atoms with Crippen LogP contribution in [0.15, 0.2) is 12.1 Å². The number of nitrogens with one attached hydrogen (secondary N) is 1. The second-order valence-electron chi connectivity index (χ2n) is 4.50. The Morgan fingerprint density at radius 1 is 1.33 bits per heavy atom. The number of hydrogen-bond acceptors (Lipinski definition) is 6. The van der Waals surface area contributed by atoms with E-state index in [0.717, 1.165) is 18.8 Å². The number of rotatable bonds is 1. The van der Waals surface area contributed by atoms with Gasteiger partial charge in [-0.15, -0.1) is 0 Å². The van der Waals surface area contributed by atoms with Gasteiger partial charge in [-0.25, -0.2) is 0 Å². The highest BCUT2D eigenvalue weighted by Gasteiger charge is 2.24. The molecule has 6 heteroatoms. The first-order chi connectivity index (χ1) is 8.74. The van der Waals surface area contributed by atoms with Crippen LogP contribution in [0.25, 0.3) is 0 Å². The van der Waals surface area contributed by atoms with Gasteiger partial charge in [0.05, 0.1) is 11.9 Å². The summed E-state index contributed by atoms with van der Waals surface area (Å²) in [7, 11) is 0. The minimum Gasteiger partial charge on any atom is -0.508 e. The smallest absolute Gasteiger partial charge is 0.184 e. The van der Waals surface area contributed by atoms with Crippen molar-refractivity contribution in [3.8, 4) is 17.2 Å². The van der Waals surface area contributed by atoms with E-state index < -0.39 is 0 Å². The van der Waals surface area contributed by atoms with Crippen molar-refractivity contribution >= 4 is 5.69 Å². The first kappa shape index (κ1) is 11.4. The van der Waals surface area contributed by atoms with E-state index in [0.29, 0.717) is 31.3 Å². The molecule has 98 valence electrons. The molecule has 1 atom stereocenters. The van der Waals surface area contributed by atoms with Crippen molar-refractivity contribution < 1.29 is 14.6 Å².